The van der Waals surface area contributed by atoms with E-state index in [4.69, 9.17) is 5.11 Å². The first-order chi connectivity index (χ1) is 8.82. The molecule has 1 aromatic carbocycles. The summed E-state index contributed by atoms with van der Waals surface area (Å²) in [4.78, 5) is 10.6. The highest BCUT2D eigenvalue weighted by atomic mass is 19.1. The number of phenols is 1. The third-order valence-electron chi connectivity index (χ3n) is 2.56. The molecule has 0 heterocycles. The summed E-state index contributed by atoms with van der Waals surface area (Å²) in [6.45, 7) is 1.42. The normalized spacial score (nSPS) is 13.9. The van der Waals surface area contributed by atoms with Crippen LogP contribution < -0.4 is 5.32 Å². The number of hydrogen-bond acceptors (Lipinski definition) is 4. The third-order valence-corrected chi connectivity index (χ3v) is 2.56. The van der Waals surface area contributed by atoms with Crippen LogP contribution in [0.5, 0.6) is 5.75 Å². The minimum atomic E-state index is -1.52. The van der Waals surface area contributed by atoms with Crippen LogP contribution in [0.1, 0.15) is 25.0 Å². The maximum atomic E-state index is 13.1. The number of aromatic hydroxyl groups is 1. The van der Waals surface area contributed by atoms with Crippen LogP contribution in [-0.2, 0) is 4.79 Å². The number of phenolic OH excluding ortho intramolecular Hbond substituents is 1. The van der Waals surface area contributed by atoms with Gasteiger partial charge in [0.15, 0.2) is 17.4 Å². The molecule has 0 aliphatic carbocycles. The Morgan fingerprint density at radius 2 is 1.84 bits per heavy atom. The van der Waals surface area contributed by atoms with E-state index in [0.717, 1.165) is 12.1 Å². The number of halogens is 2. The second kappa shape index (κ2) is 6.44. The fraction of sp³-hybridized carbons (Fsp3) is 0.417. The molecule has 1 amide bonds. The Morgan fingerprint density at radius 3 is 2.32 bits per heavy atom. The zero-order chi connectivity index (χ0) is 14.6. The number of rotatable bonds is 5. The molecule has 7 heteroatoms. The van der Waals surface area contributed by atoms with E-state index < -0.39 is 29.6 Å². The topological polar surface area (TPSA) is 89.8 Å². The summed E-state index contributed by atoms with van der Waals surface area (Å²) in [7, 11) is 0. The van der Waals surface area contributed by atoms with Crippen LogP contribution in [-0.4, -0.2) is 33.9 Å². The van der Waals surface area contributed by atoms with E-state index in [0.29, 0.717) is 0 Å². The molecule has 0 saturated heterocycles. The molecule has 2 atom stereocenters. The summed E-state index contributed by atoms with van der Waals surface area (Å²) in [5, 5.41) is 30.7. The quantitative estimate of drug-likeness (QED) is 0.633. The van der Waals surface area contributed by atoms with Gasteiger partial charge < -0.3 is 20.6 Å². The van der Waals surface area contributed by atoms with Gasteiger partial charge in [-0.25, -0.2) is 8.78 Å². The van der Waals surface area contributed by atoms with Crippen molar-refractivity contribution in [1.29, 1.82) is 0 Å². The van der Waals surface area contributed by atoms with Crippen molar-refractivity contribution in [3.63, 3.8) is 0 Å². The van der Waals surface area contributed by atoms with E-state index in [9.17, 15) is 23.8 Å². The van der Waals surface area contributed by atoms with Crippen molar-refractivity contribution in [2.75, 3.05) is 6.54 Å². The highest BCUT2D eigenvalue weighted by Gasteiger charge is 2.21. The van der Waals surface area contributed by atoms with E-state index in [1.807, 2.05) is 0 Å². The van der Waals surface area contributed by atoms with Gasteiger partial charge in [0.2, 0.25) is 5.91 Å². The molecule has 0 aliphatic heterocycles. The summed E-state index contributed by atoms with van der Waals surface area (Å²) >= 11 is 0. The number of benzene rings is 1. The zero-order valence-electron chi connectivity index (χ0n) is 10.2. The standard InChI is InChI=1S/C12H15F2NO4/c1-6(16)15-3-2-10(17)11(18)7-4-8(13)12(19)9(14)5-7/h4-5,10-11,17-19H,2-3H2,1H3,(H,15,16). The van der Waals surface area contributed by atoms with Gasteiger partial charge in [0.05, 0.1) is 6.10 Å². The van der Waals surface area contributed by atoms with Gasteiger partial charge in [-0.2, -0.15) is 0 Å². The van der Waals surface area contributed by atoms with Crippen molar-refractivity contribution >= 4 is 5.91 Å². The van der Waals surface area contributed by atoms with Gasteiger partial charge in [0.25, 0.3) is 0 Å². The van der Waals surface area contributed by atoms with E-state index in [-0.39, 0.29) is 24.4 Å². The average Bonchev–Trinajstić information content (AvgIpc) is 2.33. The predicted octanol–water partition coefficient (Wildman–Crippen LogP) is 0.591. The van der Waals surface area contributed by atoms with Crippen molar-refractivity contribution in [3.8, 4) is 5.75 Å². The average molecular weight is 275 g/mol. The molecule has 106 valence electrons. The Balaban J connectivity index is 2.71. The Bertz CT molecular complexity index is 444. The highest BCUT2D eigenvalue weighted by Crippen LogP contribution is 2.26. The van der Waals surface area contributed by atoms with Crippen LogP contribution in [0.4, 0.5) is 8.78 Å². The lowest BCUT2D eigenvalue weighted by Crippen LogP contribution is -2.27. The van der Waals surface area contributed by atoms with Gasteiger partial charge in [0, 0.05) is 13.5 Å². The molecular formula is C12H15F2NO4. The summed E-state index contributed by atoms with van der Waals surface area (Å²) in [5.74, 6) is -3.86. The first-order valence-electron chi connectivity index (χ1n) is 5.61. The minimum absolute atomic E-state index is 0.0187. The Hall–Kier alpha value is -1.73. The molecular weight excluding hydrogens is 260 g/mol. The molecule has 0 saturated carbocycles. The SMILES string of the molecule is CC(=O)NCCC(O)C(O)c1cc(F)c(O)c(F)c1. The van der Waals surface area contributed by atoms with Gasteiger partial charge >= 0.3 is 0 Å². The zero-order valence-corrected chi connectivity index (χ0v) is 10.2. The van der Waals surface area contributed by atoms with Crippen molar-refractivity contribution in [2.45, 2.75) is 25.6 Å². The summed E-state index contributed by atoms with van der Waals surface area (Å²) < 4.78 is 26.2. The predicted molar refractivity (Wildman–Crippen MR) is 62.3 cm³/mol. The van der Waals surface area contributed by atoms with Crippen LogP contribution in [0.15, 0.2) is 12.1 Å². The van der Waals surface area contributed by atoms with Crippen LogP contribution in [0.25, 0.3) is 0 Å². The maximum Gasteiger partial charge on any atom is 0.216 e. The monoisotopic (exact) mass is 275 g/mol. The number of amides is 1. The molecule has 5 nitrogen and oxygen atoms in total. The minimum Gasteiger partial charge on any atom is -0.503 e. The number of aliphatic hydroxyl groups excluding tert-OH is 2. The number of hydrogen-bond donors (Lipinski definition) is 4. The Kier molecular flexibility index (Phi) is 5.20. The smallest absolute Gasteiger partial charge is 0.216 e. The molecule has 0 aromatic heterocycles. The molecule has 0 spiro atoms. The lowest BCUT2D eigenvalue weighted by atomic mass is 10.0. The number of nitrogens with one attached hydrogen (secondary N) is 1. The number of carbonyl (C=O) groups excluding carboxylic acids is 1. The van der Waals surface area contributed by atoms with Crippen molar-refractivity contribution in [2.24, 2.45) is 0 Å². The van der Waals surface area contributed by atoms with Gasteiger partial charge in [0.1, 0.15) is 6.10 Å². The van der Waals surface area contributed by atoms with E-state index in [2.05, 4.69) is 5.32 Å². The summed E-state index contributed by atoms with van der Waals surface area (Å²) in [6.07, 6.45) is -2.79. The number of carbonyl (C=O) groups is 1. The second-order valence-electron chi connectivity index (χ2n) is 4.12. The van der Waals surface area contributed by atoms with Crippen molar-refractivity contribution < 1.29 is 28.9 Å². The van der Waals surface area contributed by atoms with Gasteiger partial charge in [-0.15, -0.1) is 0 Å². The van der Waals surface area contributed by atoms with Crippen molar-refractivity contribution in [1.82, 2.24) is 5.32 Å². The fourth-order valence-electron chi connectivity index (χ4n) is 1.53. The molecule has 1 rings (SSSR count). The molecule has 1 aromatic rings. The first kappa shape index (κ1) is 15.3. The van der Waals surface area contributed by atoms with E-state index >= 15 is 0 Å². The molecule has 0 bridgehead atoms. The van der Waals surface area contributed by atoms with Crippen LogP contribution in [0.3, 0.4) is 0 Å². The molecule has 4 N–H and O–H groups in total. The molecule has 19 heavy (non-hydrogen) atoms. The van der Waals surface area contributed by atoms with Crippen molar-refractivity contribution in [3.05, 3.63) is 29.3 Å². The van der Waals surface area contributed by atoms with E-state index in [1.54, 1.807) is 0 Å². The highest BCUT2D eigenvalue weighted by molar-refractivity contribution is 5.72. The third kappa shape index (κ3) is 4.15. The molecule has 0 aliphatic rings. The molecule has 0 radical (unpaired) electrons. The fourth-order valence-corrected chi connectivity index (χ4v) is 1.53. The van der Waals surface area contributed by atoms with Gasteiger partial charge in [-0.3, -0.25) is 4.79 Å². The first-order valence-corrected chi connectivity index (χ1v) is 5.61. The van der Waals surface area contributed by atoms with Crippen LogP contribution in [0, 0.1) is 11.6 Å². The number of aliphatic hydroxyl groups is 2. The Morgan fingerprint density at radius 1 is 1.32 bits per heavy atom. The lowest BCUT2D eigenvalue weighted by molar-refractivity contribution is -0.119. The Labute approximate surface area is 108 Å². The van der Waals surface area contributed by atoms with E-state index in [1.165, 1.54) is 6.92 Å². The lowest BCUT2D eigenvalue weighted by Gasteiger charge is -2.18. The molecule has 2 unspecified atom stereocenters. The van der Waals surface area contributed by atoms with Gasteiger partial charge in [-0.1, -0.05) is 0 Å². The second-order valence-corrected chi connectivity index (χ2v) is 4.12. The van der Waals surface area contributed by atoms with Gasteiger partial charge in [-0.05, 0) is 24.1 Å². The largest absolute Gasteiger partial charge is 0.503 e. The molecule has 0 fully saturated rings. The maximum absolute atomic E-state index is 13.1. The van der Waals surface area contributed by atoms with Crippen LogP contribution in [0.2, 0.25) is 0 Å². The summed E-state index contributed by atoms with van der Waals surface area (Å²) in [6, 6.07) is 1.48. The van der Waals surface area contributed by atoms with Crippen LogP contribution >= 0.6 is 0 Å². The summed E-state index contributed by atoms with van der Waals surface area (Å²) in [5.41, 5.74) is -0.192.